The van der Waals surface area contributed by atoms with E-state index in [9.17, 15) is 4.79 Å². The van der Waals surface area contributed by atoms with Crippen molar-refractivity contribution in [2.24, 2.45) is 0 Å². The molecule has 0 radical (unpaired) electrons. The van der Waals surface area contributed by atoms with Crippen molar-refractivity contribution < 1.29 is 4.79 Å². The molecule has 86 valence electrons. The Morgan fingerprint density at radius 2 is 2.19 bits per heavy atom. The lowest BCUT2D eigenvalue weighted by Crippen LogP contribution is -2.41. The molecule has 4 heteroatoms. The van der Waals surface area contributed by atoms with Crippen molar-refractivity contribution in [3.05, 3.63) is 28.2 Å². The molecule has 2 amide bonds. The molecule has 0 aromatic heterocycles. The van der Waals surface area contributed by atoms with Crippen LogP contribution in [0.5, 0.6) is 0 Å². The van der Waals surface area contributed by atoms with Crippen LogP contribution in [0, 0.1) is 6.92 Å². The first kappa shape index (κ1) is 11.5. The molecule has 0 heterocycles. The van der Waals surface area contributed by atoms with E-state index in [4.69, 9.17) is 0 Å². The second kappa shape index (κ2) is 4.87. The SMILES string of the molecule is Cc1ccc(NC(=O)NC2CCC2)cc1Br. The molecule has 0 saturated heterocycles. The summed E-state index contributed by atoms with van der Waals surface area (Å²) in [5.74, 6) is 0. The van der Waals surface area contributed by atoms with Gasteiger partial charge in [0.25, 0.3) is 0 Å². The van der Waals surface area contributed by atoms with E-state index in [2.05, 4.69) is 26.6 Å². The molecule has 1 aliphatic rings. The summed E-state index contributed by atoms with van der Waals surface area (Å²) < 4.78 is 1.01. The van der Waals surface area contributed by atoms with Crippen LogP contribution in [-0.2, 0) is 0 Å². The maximum Gasteiger partial charge on any atom is 0.319 e. The van der Waals surface area contributed by atoms with Gasteiger partial charge in [0.15, 0.2) is 0 Å². The van der Waals surface area contributed by atoms with Crippen molar-refractivity contribution in [3.8, 4) is 0 Å². The van der Waals surface area contributed by atoms with Crippen LogP contribution < -0.4 is 10.6 Å². The van der Waals surface area contributed by atoms with E-state index in [-0.39, 0.29) is 6.03 Å². The number of rotatable bonds is 2. The first-order valence-electron chi connectivity index (χ1n) is 5.49. The molecule has 1 fully saturated rings. The standard InChI is InChI=1S/C12H15BrN2O/c1-8-5-6-10(7-11(8)13)15-12(16)14-9-3-2-4-9/h5-7,9H,2-4H2,1H3,(H2,14,15,16). The third-order valence-electron chi connectivity index (χ3n) is 2.87. The van der Waals surface area contributed by atoms with E-state index in [0.717, 1.165) is 28.6 Å². The first-order valence-corrected chi connectivity index (χ1v) is 6.28. The van der Waals surface area contributed by atoms with Gasteiger partial charge in [-0.1, -0.05) is 22.0 Å². The van der Waals surface area contributed by atoms with Crippen LogP contribution in [-0.4, -0.2) is 12.1 Å². The fourth-order valence-electron chi connectivity index (χ4n) is 1.58. The van der Waals surface area contributed by atoms with Gasteiger partial charge in [-0.2, -0.15) is 0 Å². The van der Waals surface area contributed by atoms with E-state index >= 15 is 0 Å². The monoisotopic (exact) mass is 282 g/mol. The largest absolute Gasteiger partial charge is 0.335 e. The van der Waals surface area contributed by atoms with Crippen molar-refractivity contribution in [1.29, 1.82) is 0 Å². The minimum absolute atomic E-state index is 0.111. The molecule has 2 rings (SSSR count). The van der Waals surface area contributed by atoms with Gasteiger partial charge in [-0.25, -0.2) is 4.79 Å². The zero-order valence-electron chi connectivity index (χ0n) is 9.22. The highest BCUT2D eigenvalue weighted by Gasteiger charge is 2.19. The van der Waals surface area contributed by atoms with Crippen LogP contribution >= 0.6 is 15.9 Å². The Morgan fingerprint density at radius 3 is 2.75 bits per heavy atom. The molecule has 3 nitrogen and oxygen atoms in total. The highest BCUT2D eigenvalue weighted by molar-refractivity contribution is 9.10. The lowest BCUT2D eigenvalue weighted by molar-refractivity contribution is 0.240. The maximum absolute atomic E-state index is 11.6. The first-order chi connectivity index (χ1) is 7.65. The molecule has 0 aliphatic heterocycles. The molecule has 2 N–H and O–H groups in total. The molecule has 1 saturated carbocycles. The third-order valence-corrected chi connectivity index (χ3v) is 3.72. The summed E-state index contributed by atoms with van der Waals surface area (Å²) in [4.78, 5) is 11.6. The topological polar surface area (TPSA) is 41.1 Å². The van der Waals surface area contributed by atoms with E-state index in [1.54, 1.807) is 0 Å². The Balaban J connectivity index is 1.92. The van der Waals surface area contributed by atoms with E-state index in [1.165, 1.54) is 6.42 Å². The Morgan fingerprint density at radius 1 is 1.44 bits per heavy atom. The van der Waals surface area contributed by atoms with Gasteiger partial charge in [0, 0.05) is 16.2 Å². The Labute approximate surface area is 104 Å². The van der Waals surface area contributed by atoms with Crippen LogP contribution in [0.15, 0.2) is 22.7 Å². The zero-order valence-corrected chi connectivity index (χ0v) is 10.8. The number of hydrogen-bond acceptors (Lipinski definition) is 1. The Kier molecular flexibility index (Phi) is 3.49. The predicted molar refractivity (Wildman–Crippen MR) is 68.7 cm³/mol. The Bertz CT molecular complexity index is 402. The summed E-state index contributed by atoms with van der Waals surface area (Å²) in [6, 6.07) is 6.05. The van der Waals surface area contributed by atoms with Crippen LogP contribution in [0.3, 0.4) is 0 Å². The van der Waals surface area contributed by atoms with Crippen LogP contribution in [0.1, 0.15) is 24.8 Å². The predicted octanol–water partition coefficient (Wildman–Crippen LogP) is 3.43. The molecule has 0 unspecified atom stereocenters. The number of amides is 2. The highest BCUT2D eigenvalue weighted by Crippen LogP contribution is 2.21. The van der Waals surface area contributed by atoms with E-state index in [0.29, 0.717) is 6.04 Å². The zero-order chi connectivity index (χ0) is 11.5. The smallest absolute Gasteiger partial charge is 0.319 e. The molecular formula is C12H15BrN2O. The van der Waals surface area contributed by atoms with Gasteiger partial charge in [0.2, 0.25) is 0 Å². The molecule has 1 aliphatic carbocycles. The summed E-state index contributed by atoms with van der Waals surface area (Å²) in [6.07, 6.45) is 3.43. The quantitative estimate of drug-likeness (QED) is 0.857. The minimum atomic E-state index is -0.111. The summed E-state index contributed by atoms with van der Waals surface area (Å²) in [6.45, 7) is 2.02. The third kappa shape index (κ3) is 2.76. The number of aryl methyl sites for hydroxylation is 1. The highest BCUT2D eigenvalue weighted by atomic mass is 79.9. The van der Waals surface area contributed by atoms with Crippen molar-refractivity contribution in [1.82, 2.24) is 5.32 Å². The fourth-order valence-corrected chi connectivity index (χ4v) is 1.95. The second-order valence-electron chi connectivity index (χ2n) is 4.19. The molecule has 0 atom stereocenters. The minimum Gasteiger partial charge on any atom is -0.335 e. The lowest BCUT2D eigenvalue weighted by Gasteiger charge is -2.26. The number of hydrogen-bond donors (Lipinski definition) is 2. The van der Waals surface area contributed by atoms with Gasteiger partial charge >= 0.3 is 6.03 Å². The van der Waals surface area contributed by atoms with Gasteiger partial charge in [-0.05, 0) is 43.9 Å². The van der Waals surface area contributed by atoms with Crippen molar-refractivity contribution in [2.75, 3.05) is 5.32 Å². The van der Waals surface area contributed by atoms with Gasteiger partial charge in [0.05, 0.1) is 0 Å². The lowest BCUT2D eigenvalue weighted by atomic mass is 9.93. The summed E-state index contributed by atoms with van der Waals surface area (Å²) >= 11 is 3.44. The normalized spacial score (nSPS) is 15.4. The maximum atomic E-state index is 11.6. The molecule has 0 bridgehead atoms. The number of halogens is 1. The summed E-state index contributed by atoms with van der Waals surface area (Å²) in [5.41, 5.74) is 1.97. The van der Waals surface area contributed by atoms with Crippen molar-refractivity contribution >= 4 is 27.6 Å². The number of anilines is 1. The molecule has 1 aromatic rings. The van der Waals surface area contributed by atoms with Crippen molar-refractivity contribution in [3.63, 3.8) is 0 Å². The van der Waals surface area contributed by atoms with Gasteiger partial charge in [0.1, 0.15) is 0 Å². The van der Waals surface area contributed by atoms with Crippen LogP contribution in [0.2, 0.25) is 0 Å². The van der Waals surface area contributed by atoms with Gasteiger partial charge < -0.3 is 10.6 Å². The molecule has 0 spiro atoms. The number of urea groups is 1. The summed E-state index contributed by atoms with van der Waals surface area (Å²) in [7, 11) is 0. The number of benzene rings is 1. The fraction of sp³-hybridized carbons (Fsp3) is 0.417. The van der Waals surface area contributed by atoms with Crippen molar-refractivity contribution in [2.45, 2.75) is 32.2 Å². The number of carbonyl (C=O) groups is 1. The van der Waals surface area contributed by atoms with Gasteiger partial charge in [-0.3, -0.25) is 0 Å². The second-order valence-corrected chi connectivity index (χ2v) is 5.04. The Hall–Kier alpha value is -1.03. The van der Waals surface area contributed by atoms with E-state index in [1.807, 2.05) is 25.1 Å². The number of nitrogens with one attached hydrogen (secondary N) is 2. The average Bonchev–Trinajstić information content (AvgIpc) is 2.18. The molecule has 1 aromatic carbocycles. The van der Waals surface area contributed by atoms with Crippen LogP contribution in [0.25, 0.3) is 0 Å². The number of carbonyl (C=O) groups excluding carboxylic acids is 1. The average molecular weight is 283 g/mol. The van der Waals surface area contributed by atoms with Crippen LogP contribution in [0.4, 0.5) is 10.5 Å². The van der Waals surface area contributed by atoms with E-state index < -0.39 is 0 Å². The molecular weight excluding hydrogens is 268 g/mol. The molecule has 16 heavy (non-hydrogen) atoms. The summed E-state index contributed by atoms with van der Waals surface area (Å²) in [5, 5.41) is 5.76. The van der Waals surface area contributed by atoms with Gasteiger partial charge in [-0.15, -0.1) is 0 Å².